The van der Waals surface area contributed by atoms with Gasteiger partial charge < -0.3 is 20.1 Å². The van der Waals surface area contributed by atoms with Crippen LogP contribution in [-0.2, 0) is 17.9 Å². The molecule has 1 saturated carbocycles. The Balaban J connectivity index is 1.63. The topological polar surface area (TPSA) is 88.5 Å². The fourth-order valence-electron chi connectivity index (χ4n) is 5.00. The van der Waals surface area contributed by atoms with E-state index in [4.69, 9.17) is 5.10 Å². The molecule has 1 aliphatic carbocycles. The van der Waals surface area contributed by atoms with E-state index in [0.717, 1.165) is 53.8 Å². The third kappa shape index (κ3) is 5.28. The molecule has 190 valence electrons. The second-order valence-electron chi connectivity index (χ2n) is 10.7. The van der Waals surface area contributed by atoms with Crippen molar-refractivity contribution in [3.63, 3.8) is 0 Å². The Hall–Kier alpha value is -2.33. The molecule has 35 heavy (non-hydrogen) atoms. The number of anilines is 2. The highest BCUT2D eigenvalue weighted by atomic mass is 32.2. The van der Waals surface area contributed by atoms with Gasteiger partial charge in [0.05, 0.1) is 40.7 Å². The molecule has 2 aliphatic rings. The molecule has 1 aromatic heterocycles. The van der Waals surface area contributed by atoms with Gasteiger partial charge in [0.15, 0.2) is 17.0 Å². The lowest BCUT2D eigenvalue weighted by molar-refractivity contribution is 0.112. The summed E-state index contributed by atoms with van der Waals surface area (Å²) in [4.78, 5) is 15.4. The van der Waals surface area contributed by atoms with Crippen LogP contribution in [0.2, 0.25) is 0 Å². The second-order valence-corrected chi connectivity index (χ2v) is 12.0. The lowest BCUT2D eigenvalue weighted by Gasteiger charge is -2.33. The summed E-state index contributed by atoms with van der Waals surface area (Å²) in [5.74, 6) is 0.553. The largest absolute Gasteiger partial charge is 0.593 e. The molecule has 1 unspecified atom stereocenters. The van der Waals surface area contributed by atoms with Gasteiger partial charge in [-0.2, -0.15) is 5.10 Å². The molecule has 1 aliphatic heterocycles. The van der Waals surface area contributed by atoms with Crippen LogP contribution in [0.3, 0.4) is 0 Å². The van der Waals surface area contributed by atoms with Crippen LogP contribution < -0.4 is 10.6 Å². The predicted molar refractivity (Wildman–Crippen MR) is 142 cm³/mol. The fourth-order valence-corrected chi connectivity index (χ4v) is 6.52. The van der Waals surface area contributed by atoms with E-state index < -0.39 is 11.4 Å². The normalized spacial score (nSPS) is 23.1. The first-order chi connectivity index (χ1) is 16.6. The summed E-state index contributed by atoms with van der Waals surface area (Å²) in [5.41, 5.74) is 3.04. The maximum Gasteiger partial charge on any atom is 0.178 e. The minimum Gasteiger partial charge on any atom is -0.593 e. The van der Waals surface area contributed by atoms with Crippen molar-refractivity contribution in [2.45, 2.75) is 75.5 Å². The van der Waals surface area contributed by atoms with Crippen LogP contribution in [0.5, 0.6) is 0 Å². The van der Waals surface area contributed by atoms with Gasteiger partial charge in [0.1, 0.15) is 0 Å². The van der Waals surface area contributed by atoms with Crippen molar-refractivity contribution in [2.24, 2.45) is 0 Å². The van der Waals surface area contributed by atoms with Crippen LogP contribution in [0.4, 0.5) is 11.5 Å². The van der Waals surface area contributed by atoms with Crippen molar-refractivity contribution in [3.8, 4) is 0 Å². The standard InChI is InChI=1S/C26H38N6O2S/c1-26(2,3)31-16-18-15-19(7-12-24(18)35(31)34)28-25-22(17-33)23(13-14-27-4)32(29-25)21-10-8-20(9-11-21)30(5)6/h7,12-15,17,20-21,27H,8-11,16H2,1-6H3,(H,28,29)/b14-13-. The van der Waals surface area contributed by atoms with E-state index in [0.29, 0.717) is 24.0 Å². The van der Waals surface area contributed by atoms with Gasteiger partial charge in [0.2, 0.25) is 0 Å². The Morgan fingerprint density at radius 2 is 1.91 bits per heavy atom. The molecule has 1 fully saturated rings. The molecule has 1 aromatic carbocycles. The molecular weight excluding hydrogens is 460 g/mol. The summed E-state index contributed by atoms with van der Waals surface area (Å²) >= 11 is -1.17. The van der Waals surface area contributed by atoms with Gasteiger partial charge in [-0.1, -0.05) is 0 Å². The number of benzene rings is 1. The fraction of sp³-hybridized carbons (Fsp3) is 0.538. The van der Waals surface area contributed by atoms with Gasteiger partial charge in [-0.05, 0) is 91.0 Å². The Labute approximate surface area is 212 Å². The monoisotopic (exact) mass is 498 g/mol. The van der Waals surface area contributed by atoms with E-state index in [1.165, 1.54) is 0 Å². The van der Waals surface area contributed by atoms with Crippen LogP contribution in [0, 0.1) is 0 Å². The molecule has 9 heteroatoms. The maximum atomic E-state index is 12.9. The van der Waals surface area contributed by atoms with E-state index in [2.05, 4.69) is 50.4 Å². The Bertz CT molecular complexity index is 1080. The van der Waals surface area contributed by atoms with E-state index in [-0.39, 0.29) is 11.6 Å². The second kappa shape index (κ2) is 10.3. The molecule has 2 aromatic rings. The third-order valence-corrected chi connectivity index (χ3v) is 8.88. The van der Waals surface area contributed by atoms with E-state index in [9.17, 15) is 9.35 Å². The summed E-state index contributed by atoms with van der Waals surface area (Å²) < 4.78 is 17.0. The minimum atomic E-state index is -1.17. The number of nitrogens with zero attached hydrogens (tertiary/aromatic N) is 4. The molecule has 1 atom stereocenters. The first-order valence-corrected chi connectivity index (χ1v) is 13.4. The van der Waals surface area contributed by atoms with Gasteiger partial charge in [0, 0.05) is 24.3 Å². The Morgan fingerprint density at radius 1 is 1.20 bits per heavy atom. The van der Waals surface area contributed by atoms with Crippen molar-refractivity contribution in [2.75, 3.05) is 26.5 Å². The highest BCUT2D eigenvalue weighted by Crippen LogP contribution is 2.38. The number of aromatic nitrogens is 2. The lowest BCUT2D eigenvalue weighted by Crippen LogP contribution is -2.41. The molecule has 0 amide bonds. The van der Waals surface area contributed by atoms with Crippen molar-refractivity contribution >= 4 is 35.2 Å². The zero-order valence-corrected chi connectivity index (χ0v) is 22.5. The molecule has 8 nitrogen and oxygen atoms in total. The number of aldehydes is 1. The quantitative estimate of drug-likeness (QED) is 0.434. The molecule has 0 spiro atoms. The molecule has 0 saturated heterocycles. The first-order valence-electron chi connectivity index (χ1n) is 12.3. The van der Waals surface area contributed by atoms with Crippen LogP contribution in [0.15, 0.2) is 29.3 Å². The van der Waals surface area contributed by atoms with Gasteiger partial charge in [0.25, 0.3) is 0 Å². The van der Waals surface area contributed by atoms with Gasteiger partial charge >= 0.3 is 0 Å². The zero-order chi connectivity index (χ0) is 25.3. The Morgan fingerprint density at radius 3 is 2.51 bits per heavy atom. The number of rotatable bonds is 7. The van der Waals surface area contributed by atoms with E-state index >= 15 is 0 Å². The number of carbonyl (C=O) groups excluding carboxylic acids is 1. The lowest BCUT2D eigenvalue weighted by atomic mass is 9.90. The molecule has 0 radical (unpaired) electrons. The van der Waals surface area contributed by atoms with Gasteiger partial charge in [-0.25, -0.2) is 0 Å². The molecule has 4 rings (SSSR count). The summed E-state index contributed by atoms with van der Waals surface area (Å²) in [6.45, 7) is 6.85. The van der Waals surface area contributed by atoms with E-state index in [1.807, 2.05) is 46.5 Å². The average molecular weight is 499 g/mol. The number of nitrogens with one attached hydrogen (secondary N) is 2. The van der Waals surface area contributed by atoms with Crippen molar-refractivity contribution in [1.82, 2.24) is 24.3 Å². The van der Waals surface area contributed by atoms with Crippen LogP contribution >= 0.6 is 0 Å². The molecule has 2 heterocycles. The average Bonchev–Trinajstić information content (AvgIpc) is 3.34. The van der Waals surface area contributed by atoms with Crippen molar-refractivity contribution < 1.29 is 9.35 Å². The Kier molecular flexibility index (Phi) is 7.61. The summed E-state index contributed by atoms with van der Waals surface area (Å²) in [7, 11) is 6.12. The van der Waals surface area contributed by atoms with Crippen molar-refractivity contribution in [1.29, 1.82) is 0 Å². The summed E-state index contributed by atoms with van der Waals surface area (Å²) in [5, 5.41) is 11.3. The van der Waals surface area contributed by atoms with Crippen LogP contribution in [-0.4, -0.2) is 62.5 Å². The molecule has 2 N–H and O–H groups in total. The van der Waals surface area contributed by atoms with Crippen LogP contribution in [0.25, 0.3) is 6.08 Å². The zero-order valence-electron chi connectivity index (χ0n) is 21.7. The number of fused-ring (bicyclic) bond motifs is 1. The maximum absolute atomic E-state index is 12.9. The number of hydrogen-bond acceptors (Lipinski definition) is 7. The predicted octanol–water partition coefficient (Wildman–Crippen LogP) is 4.31. The molecule has 0 bridgehead atoms. The SMILES string of the molecule is CN/C=C\c1c(C=O)c(Nc2ccc3c(c2)CN(C(C)(C)C)[S+]3[O-])nn1C1CCC(N(C)C)CC1. The van der Waals surface area contributed by atoms with Gasteiger partial charge in [-0.3, -0.25) is 9.48 Å². The van der Waals surface area contributed by atoms with Gasteiger partial charge in [-0.15, -0.1) is 4.31 Å². The number of carbonyl (C=O) groups is 1. The first kappa shape index (κ1) is 25.8. The highest BCUT2D eigenvalue weighted by molar-refractivity contribution is 7.89. The smallest absolute Gasteiger partial charge is 0.178 e. The van der Waals surface area contributed by atoms with Crippen LogP contribution in [0.1, 0.15) is 74.1 Å². The molecular formula is C26H38N6O2S. The minimum absolute atomic E-state index is 0.193. The van der Waals surface area contributed by atoms with E-state index in [1.54, 1.807) is 0 Å². The number of hydrogen-bond donors (Lipinski definition) is 2. The highest BCUT2D eigenvalue weighted by Gasteiger charge is 2.41. The third-order valence-electron chi connectivity index (χ3n) is 7.03. The summed E-state index contributed by atoms with van der Waals surface area (Å²) in [6, 6.07) is 6.70. The van der Waals surface area contributed by atoms with Crippen molar-refractivity contribution in [3.05, 3.63) is 41.2 Å². The summed E-state index contributed by atoms with van der Waals surface area (Å²) in [6.07, 6.45) is 8.91.